The second kappa shape index (κ2) is 6.47. The molecule has 0 spiro atoms. The van der Waals surface area contributed by atoms with Crippen LogP contribution in [0.5, 0.6) is 0 Å². The zero-order valence-electron chi connectivity index (χ0n) is 12.2. The molecule has 0 radical (unpaired) electrons. The Kier molecular flexibility index (Phi) is 4.90. The highest BCUT2D eigenvalue weighted by molar-refractivity contribution is 5.83. The van der Waals surface area contributed by atoms with Gasteiger partial charge in [0.05, 0.1) is 0 Å². The van der Waals surface area contributed by atoms with Crippen molar-refractivity contribution in [3.05, 3.63) is 35.4 Å². The zero-order chi connectivity index (χ0) is 14.7. The molecule has 3 heteroatoms. The number of hydrogen-bond acceptors (Lipinski definition) is 1. The minimum absolute atomic E-state index is 0.0504. The molecular weight excluding hydrogens is 258 g/mol. The molecule has 1 aliphatic rings. The summed E-state index contributed by atoms with van der Waals surface area (Å²) in [7, 11) is 0. The Morgan fingerprint density at radius 1 is 1.20 bits per heavy atom. The fourth-order valence-corrected chi connectivity index (χ4v) is 3.10. The Morgan fingerprint density at radius 2 is 1.85 bits per heavy atom. The summed E-state index contributed by atoms with van der Waals surface area (Å²) in [4.78, 5) is 12.2. The first-order valence-corrected chi connectivity index (χ1v) is 7.44. The molecule has 0 amide bonds. The summed E-state index contributed by atoms with van der Waals surface area (Å²) in [6.07, 6.45) is 4.07. The Hall–Kier alpha value is -1.25. The molecule has 0 unspecified atom stereocenters. The van der Waals surface area contributed by atoms with Crippen LogP contribution in [-0.2, 0) is 11.2 Å². The minimum Gasteiger partial charge on any atom is -0.299 e. The Balaban J connectivity index is 1.93. The molecule has 1 aromatic carbocycles. The highest BCUT2D eigenvalue weighted by atomic mass is 19.1. The summed E-state index contributed by atoms with van der Waals surface area (Å²) in [6.45, 7) is 4.45. The van der Waals surface area contributed by atoms with Gasteiger partial charge in [0.1, 0.15) is 17.4 Å². The molecule has 0 heterocycles. The summed E-state index contributed by atoms with van der Waals surface area (Å²) < 4.78 is 26.4. The topological polar surface area (TPSA) is 17.1 Å². The van der Waals surface area contributed by atoms with Crippen molar-refractivity contribution in [3.8, 4) is 0 Å². The SMILES string of the molecule is CC(C)C1CCC(C(=O)Cc2ccc(F)cc2F)CC1. The van der Waals surface area contributed by atoms with E-state index in [-0.39, 0.29) is 18.1 Å². The van der Waals surface area contributed by atoms with Gasteiger partial charge >= 0.3 is 0 Å². The number of hydrogen-bond donors (Lipinski definition) is 0. The van der Waals surface area contributed by atoms with Crippen LogP contribution in [0.4, 0.5) is 8.78 Å². The molecule has 0 atom stereocenters. The van der Waals surface area contributed by atoms with Crippen LogP contribution >= 0.6 is 0 Å². The first-order valence-electron chi connectivity index (χ1n) is 7.44. The molecule has 20 heavy (non-hydrogen) atoms. The maximum Gasteiger partial charge on any atom is 0.140 e. The van der Waals surface area contributed by atoms with Crippen molar-refractivity contribution in [1.29, 1.82) is 0 Å². The fourth-order valence-electron chi connectivity index (χ4n) is 3.10. The Bertz CT molecular complexity index is 474. The van der Waals surface area contributed by atoms with E-state index < -0.39 is 11.6 Å². The number of halogens is 2. The lowest BCUT2D eigenvalue weighted by atomic mass is 9.75. The molecule has 1 nitrogen and oxygen atoms in total. The molecule has 1 aliphatic carbocycles. The number of Topliss-reactive ketones (excluding diaryl/α,β-unsaturated/α-hetero) is 1. The van der Waals surface area contributed by atoms with Crippen LogP contribution in [0.2, 0.25) is 0 Å². The molecule has 110 valence electrons. The average Bonchev–Trinajstić information content (AvgIpc) is 2.42. The summed E-state index contributed by atoms with van der Waals surface area (Å²) in [5, 5.41) is 0. The second-order valence-corrected chi connectivity index (χ2v) is 6.23. The molecule has 2 rings (SSSR count). The van der Waals surface area contributed by atoms with E-state index in [1.54, 1.807) is 0 Å². The van der Waals surface area contributed by atoms with Crippen LogP contribution in [-0.4, -0.2) is 5.78 Å². The zero-order valence-corrected chi connectivity index (χ0v) is 12.2. The van der Waals surface area contributed by atoms with Gasteiger partial charge in [-0.15, -0.1) is 0 Å². The molecule has 0 saturated heterocycles. The van der Waals surface area contributed by atoms with Crippen molar-refractivity contribution in [2.45, 2.75) is 46.0 Å². The van der Waals surface area contributed by atoms with Crippen molar-refractivity contribution in [3.63, 3.8) is 0 Å². The normalized spacial score (nSPS) is 23.1. The number of carbonyl (C=O) groups excluding carboxylic acids is 1. The Morgan fingerprint density at radius 3 is 2.40 bits per heavy atom. The lowest BCUT2D eigenvalue weighted by Crippen LogP contribution is -2.25. The quantitative estimate of drug-likeness (QED) is 0.791. The number of rotatable bonds is 4. The molecule has 0 N–H and O–H groups in total. The van der Waals surface area contributed by atoms with Crippen LogP contribution in [0.15, 0.2) is 18.2 Å². The van der Waals surface area contributed by atoms with E-state index in [0.29, 0.717) is 17.4 Å². The third-order valence-corrected chi connectivity index (χ3v) is 4.55. The Labute approximate surface area is 119 Å². The van der Waals surface area contributed by atoms with Crippen LogP contribution in [0.1, 0.15) is 45.1 Å². The van der Waals surface area contributed by atoms with Gasteiger partial charge < -0.3 is 0 Å². The molecule has 1 saturated carbocycles. The molecule has 0 aliphatic heterocycles. The monoisotopic (exact) mass is 280 g/mol. The third-order valence-electron chi connectivity index (χ3n) is 4.55. The first kappa shape index (κ1) is 15.1. The highest BCUT2D eigenvalue weighted by Gasteiger charge is 2.27. The van der Waals surface area contributed by atoms with Crippen molar-refractivity contribution in [1.82, 2.24) is 0 Å². The lowest BCUT2D eigenvalue weighted by molar-refractivity contribution is -0.123. The number of benzene rings is 1. The summed E-state index contributed by atoms with van der Waals surface area (Å²) in [5.41, 5.74) is 0.308. The van der Waals surface area contributed by atoms with Crippen LogP contribution in [0.3, 0.4) is 0 Å². The minimum atomic E-state index is -0.616. The van der Waals surface area contributed by atoms with Crippen LogP contribution < -0.4 is 0 Å². The van der Waals surface area contributed by atoms with Gasteiger partial charge in [-0.25, -0.2) is 8.78 Å². The summed E-state index contributed by atoms with van der Waals surface area (Å²) in [5.74, 6) is 0.305. The van der Waals surface area contributed by atoms with Crippen LogP contribution in [0, 0.1) is 29.4 Å². The van der Waals surface area contributed by atoms with Gasteiger partial charge in [-0.05, 0) is 49.1 Å². The van der Waals surface area contributed by atoms with Gasteiger partial charge in [-0.2, -0.15) is 0 Å². The van der Waals surface area contributed by atoms with E-state index in [2.05, 4.69) is 13.8 Å². The third kappa shape index (κ3) is 3.65. The van der Waals surface area contributed by atoms with Crippen LogP contribution in [0.25, 0.3) is 0 Å². The van der Waals surface area contributed by atoms with Gasteiger partial charge in [0.15, 0.2) is 0 Å². The predicted molar refractivity (Wildman–Crippen MR) is 75.4 cm³/mol. The van der Waals surface area contributed by atoms with Crippen molar-refractivity contribution < 1.29 is 13.6 Å². The first-order chi connectivity index (χ1) is 9.47. The smallest absolute Gasteiger partial charge is 0.140 e. The molecule has 1 fully saturated rings. The molecular formula is C17H22F2O. The van der Waals surface area contributed by atoms with E-state index in [1.165, 1.54) is 12.1 Å². The van der Waals surface area contributed by atoms with E-state index in [9.17, 15) is 13.6 Å². The molecule has 0 bridgehead atoms. The summed E-state index contributed by atoms with van der Waals surface area (Å²) in [6, 6.07) is 3.43. The van der Waals surface area contributed by atoms with E-state index in [1.807, 2.05) is 0 Å². The standard InChI is InChI=1S/C17H22F2O/c1-11(2)12-3-5-13(6-4-12)17(20)9-14-7-8-15(18)10-16(14)19/h7-8,10-13H,3-6,9H2,1-2H3. The van der Waals surface area contributed by atoms with Gasteiger partial charge in [0, 0.05) is 18.4 Å². The number of carbonyl (C=O) groups is 1. The van der Waals surface area contributed by atoms with E-state index in [0.717, 1.165) is 31.7 Å². The van der Waals surface area contributed by atoms with Gasteiger partial charge in [0.25, 0.3) is 0 Å². The van der Waals surface area contributed by atoms with Gasteiger partial charge in [0.2, 0.25) is 0 Å². The molecule has 0 aromatic heterocycles. The second-order valence-electron chi connectivity index (χ2n) is 6.23. The predicted octanol–water partition coefficient (Wildman–Crippen LogP) is 4.54. The van der Waals surface area contributed by atoms with Crippen molar-refractivity contribution in [2.24, 2.45) is 17.8 Å². The van der Waals surface area contributed by atoms with Gasteiger partial charge in [-0.3, -0.25) is 4.79 Å². The maximum atomic E-state index is 13.6. The van der Waals surface area contributed by atoms with Gasteiger partial charge in [-0.1, -0.05) is 19.9 Å². The number of ketones is 1. The van der Waals surface area contributed by atoms with Crippen molar-refractivity contribution >= 4 is 5.78 Å². The highest BCUT2D eigenvalue weighted by Crippen LogP contribution is 2.34. The largest absolute Gasteiger partial charge is 0.299 e. The average molecular weight is 280 g/mol. The molecule has 1 aromatic rings. The van der Waals surface area contributed by atoms with E-state index >= 15 is 0 Å². The fraction of sp³-hybridized carbons (Fsp3) is 0.588. The van der Waals surface area contributed by atoms with E-state index in [4.69, 9.17) is 0 Å². The van der Waals surface area contributed by atoms with Crippen molar-refractivity contribution in [2.75, 3.05) is 0 Å². The summed E-state index contributed by atoms with van der Waals surface area (Å²) >= 11 is 0. The maximum absolute atomic E-state index is 13.6. The lowest BCUT2D eigenvalue weighted by Gasteiger charge is -2.30.